The molecule has 1 aromatic carbocycles. The van der Waals surface area contributed by atoms with Crippen molar-refractivity contribution in [2.45, 2.75) is 39.4 Å². The average molecular weight is 539 g/mol. The Bertz CT molecular complexity index is 1200. The van der Waals surface area contributed by atoms with Crippen molar-refractivity contribution in [3.05, 3.63) is 52.8 Å². The first-order chi connectivity index (χ1) is 17.8. The van der Waals surface area contributed by atoms with Gasteiger partial charge in [0.05, 0.1) is 12.0 Å². The smallest absolute Gasteiger partial charge is 0.327 e. The van der Waals surface area contributed by atoms with Crippen LogP contribution in [0.2, 0.25) is 0 Å². The quantitative estimate of drug-likeness (QED) is 0.140. The van der Waals surface area contributed by atoms with Gasteiger partial charge < -0.3 is 15.1 Å². The van der Waals surface area contributed by atoms with E-state index >= 15 is 0 Å². The number of hydrogen-bond donors (Lipinski definition) is 4. The van der Waals surface area contributed by atoms with Crippen LogP contribution < -0.4 is 21.7 Å². The minimum Gasteiger partial charge on any atom is -0.327 e. The van der Waals surface area contributed by atoms with Crippen LogP contribution in [0.25, 0.3) is 0 Å². The topological polar surface area (TPSA) is 131 Å². The fraction of sp³-hybridized carbons (Fsp3) is 0.417. The second-order valence-electron chi connectivity index (χ2n) is 9.18. The molecule has 3 rings (SSSR count). The van der Waals surface area contributed by atoms with Gasteiger partial charge in [0.15, 0.2) is 5.82 Å². The molecule has 2 heterocycles. The summed E-state index contributed by atoms with van der Waals surface area (Å²) in [5.74, 6) is 4.27. The molecule has 0 saturated heterocycles. The molecule has 2 aromatic rings. The van der Waals surface area contributed by atoms with Crippen molar-refractivity contribution >= 4 is 29.4 Å². The molecule has 1 aliphatic heterocycles. The number of nitrogens with two attached hydrogens (primary N) is 1. The largest absolute Gasteiger partial charge is 0.390 e. The zero-order valence-electron chi connectivity index (χ0n) is 21.2. The van der Waals surface area contributed by atoms with Crippen LogP contribution in [0, 0.1) is 17.1 Å². The number of hydrazine groups is 2. The van der Waals surface area contributed by atoms with Crippen molar-refractivity contribution in [2.24, 2.45) is 11.8 Å². The van der Waals surface area contributed by atoms with Crippen molar-refractivity contribution < 1.29 is 27.2 Å². The summed E-state index contributed by atoms with van der Waals surface area (Å²) in [6.07, 6.45) is -5.21. The van der Waals surface area contributed by atoms with Crippen LogP contribution in [0.3, 0.4) is 0 Å². The number of anilines is 2. The molecule has 0 radical (unpaired) electrons. The zero-order chi connectivity index (χ0) is 28.2. The van der Waals surface area contributed by atoms with E-state index in [0.717, 1.165) is 4.90 Å². The van der Waals surface area contributed by atoms with E-state index < -0.39 is 36.9 Å². The number of rotatable bonds is 7. The molecule has 0 bridgehead atoms. The molecule has 0 fully saturated rings. The maximum Gasteiger partial charge on any atom is 0.390 e. The van der Waals surface area contributed by atoms with Crippen molar-refractivity contribution in [3.63, 3.8) is 0 Å². The Hall–Kier alpha value is -3.78. The molecule has 10 nitrogen and oxygen atoms in total. The Balaban J connectivity index is 1.75. The third-order valence-corrected chi connectivity index (χ3v) is 6.00. The van der Waals surface area contributed by atoms with E-state index in [-0.39, 0.29) is 42.0 Å². The van der Waals surface area contributed by atoms with Crippen LogP contribution >= 0.6 is 0 Å². The van der Waals surface area contributed by atoms with Crippen molar-refractivity contribution in [1.29, 1.82) is 5.41 Å². The SMILES string of the molecule is CC(C)C(=N)N(NN)c1cccc(NC(=O)c2cc3c(cc2F)CCN(C(=O)N(C)CCC(F)(F)F)C3)n1. The monoisotopic (exact) mass is 538 g/mol. The Kier molecular flexibility index (Phi) is 8.89. The maximum atomic E-state index is 14.8. The molecular weight excluding hydrogens is 508 g/mol. The number of pyridine rings is 1. The Morgan fingerprint density at radius 3 is 2.58 bits per heavy atom. The summed E-state index contributed by atoms with van der Waals surface area (Å²) >= 11 is 0. The fourth-order valence-electron chi connectivity index (χ4n) is 3.87. The van der Waals surface area contributed by atoms with Crippen molar-refractivity contribution in [1.82, 2.24) is 20.3 Å². The average Bonchev–Trinajstić information content (AvgIpc) is 2.86. The zero-order valence-corrected chi connectivity index (χ0v) is 21.2. The molecule has 38 heavy (non-hydrogen) atoms. The first kappa shape index (κ1) is 28.8. The van der Waals surface area contributed by atoms with Crippen LogP contribution in [0.5, 0.6) is 0 Å². The van der Waals surface area contributed by atoms with Gasteiger partial charge in [-0.3, -0.25) is 16.0 Å². The summed E-state index contributed by atoms with van der Waals surface area (Å²) in [7, 11) is 1.29. The summed E-state index contributed by atoms with van der Waals surface area (Å²) in [5, 5.41) is 11.9. The van der Waals surface area contributed by atoms with Crippen molar-refractivity contribution in [3.8, 4) is 0 Å². The first-order valence-corrected chi connectivity index (χ1v) is 11.8. The van der Waals surface area contributed by atoms with E-state index in [0.29, 0.717) is 17.5 Å². The van der Waals surface area contributed by atoms with E-state index in [1.54, 1.807) is 26.0 Å². The molecule has 0 spiro atoms. The third-order valence-electron chi connectivity index (χ3n) is 6.00. The third kappa shape index (κ3) is 6.95. The fourth-order valence-corrected chi connectivity index (χ4v) is 3.87. The standard InChI is InChI=1S/C24H30F4N8O2/c1-14(2)21(29)36(33-30)20-6-4-5-19(31-20)32-22(37)17-11-16-13-35(9-7-15(16)12-18(17)25)23(38)34(3)10-8-24(26,27)28/h4-6,11-12,14,29,33H,7-10,13,30H2,1-3H3,(H,31,32,37). The van der Waals surface area contributed by atoms with Gasteiger partial charge in [0, 0.05) is 32.6 Å². The number of alkyl halides is 3. The van der Waals surface area contributed by atoms with Crippen LogP contribution in [-0.2, 0) is 13.0 Å². The normalized spacial score (nSPS) is 13.2. The molecule has 1 aromatic heterocycles. The molecule has 5 N–H and O–H groups in total. The minimum absolute atomic E-state index is 0.0211. The summed E-state index contributed by atoms with van der Waals surface area (Å²) in [6, 6.07) is 6.62. The lowest BCUT2D eigenvalue weighted by molar-refractivity contribution is -0.136. The number of nitrogens with zero attached hydrogens (tertiary/aromatic N) is 4. The number of aromatic nitrogens is 1. The molecule has 1 aliphatic rings. The lowest BCUT2D eigenvalue weighted by atomic mass is 9.96. The molecular formula is C24H30F4N8O2. The molecule has 0 atom stereocenters. The van der Waals surface area contributed by atoms with Crippen LogP contribution in [0.4, 0.5) is 34.0 Å². The number of amidine groups is 1. The van der Waals surface area contributed by atoms with E-state index in [1.165, 1.54) is 35.2 Å². The molecule has 14 heteroatoms. The number of urea groups is 1. The second-order valence-corrected chi connectivity index (χ2v) is 9.18. The van der Waals surface area contributed by atoms with Gasteiger partial charge in [-0.1, -0.05) is 19.9 Å². The van der Waals surface area contributed by atoms with E-state index in [9.17, 15) is 27.2 Å². The number of fused-ring (bicyclic) bond motifs is 1. The first-order valence-electron chi connectivity index (χ1n) is 11.8. The number of carbonyl (C=O) groups excluding carboxylic acids is 2. The lowest BCUT2D eigenvalue weighted by Crippen LogP contribution is -2.49. The van der Waals surface area contributed by atoms with Gasteiger partial charge in [0.1, 0.15) is 17.5 Å². The van der Waals surface area contributed by atoms with Gasteiger partial charge in [0.25, 0.3) is 5.91 Å². The highest BCUT2D eigenvalue weighted by molar-refractivity contribution is 6.04. The highest BCUT2D eigenvalue weighted by atomic mass is 19.4. The minimum atomic E-state index is -4.38. The number of hydrogen-bond acceptors (Lipinski definition) is 6. The number of benzene rings is 1. The van der Waals surface area contributed by atoms with E-state index in [1.807, 2.05) is 0 Å². The highest BCUT2D eigenvalue weighted by Crippen LogP contribution is 2.25. The summed E-state index contributed by atoms with van der Waals surface area (Å²) in [5.41, 5.74) is 3.22. The highest BCUT2D eigenvalue weighted by Gasteiger charge is 2.30. The Morgan fingerprint density at radius 2 is 1.95 bits per heavy atom. The molecule has 206 valence electrons. The van der Waals surface area contributed by atoms with Gasteiger partial charge in [0.2, 0.25) is 0 Å². The number of carbonyl (C=O) groups is 2. The van der Waals surface area contributed by atoms with E-state index in [4.69, 9.17) is 11.3 Å². The lowest BCUT2D eigenvalue weighted by Gasteiger charge is -2.32. The summed E-state index contributed by atoms with van der Waals surface area (Å²) in [4.78, 5) is 32.2. The Morgan fingerprint density at radius 1 is 1.24 bits per heavy atom. The van der Waals surface area contributed by atoms with Gasteiger partial charge in [-0.25, -0.2) is 19.2 Å². The number of amides is 3. The number of halogens is 4. The van der Waals surface area contributed by atoms with Crippen LogP contribution in [0.15, 0.2) is 30.3 Å². The van der Waals surface area contributed by atoms with Gasteiger partial charge in [-0.15, -0.1) is 0 Å². The predicted octanol–water partition coefficient (Wildman–Crippen LogP) is 3.65. The van der Waals surface area contributed by atoms with Gasteiger partial charge >= 0.3 is 12.2 Å². The molecule has 0 aliphatic carbocycles. The van der Waals surface area contributed by atoms with Gasteiger partial charge in [-0.2, -0.15) is 18.7 Å². The van der Waals surface area contributed by atoms with Gasteiger partial charge in [-0.05, 0) is 41.8 Å². The molecule has 0 saturated carbocycles. The van der Waals surface area contributed by atoms with E-state index in [2.05, 4.69) is 15.8 Å². The number of nitrogens with one attached hydrogen (secondary N) is 3. The summed E-state index contributed by atoms with van der Waals surface area (Å²) < 4.78 is 52.4. The maximum absolute atomic E-state index is 14.8. The summed E-state index contributed by atoms with van der Waals surface area (Å²) in [6.45, 7) is 3.34. The van der Waals surface area contributed by atoms with Crippen molar-refractivity contribution in [2.75, 3.05) is 30.5 Å². The molecule has 3 amide bonds. The second kappa shape index (κ2) is 11.7. The Labute approximate surface area is 217 Å². The van der Waals surface area contributed by atoms with Crippen LogP contribution in [-0.4, -0.2) is 58.9 Å². The predicted molar refractivity (Wildman–Crippen MR) is 134 cm³/mol. The molecule has 0 unspecified atom stereocenters. The van der Waals surface area contributed by atoms with Crippen LogP contribution in [0.1, 0.15) is 41.8 Å².